The summed E-state index contributed by atoms with van der Waals surface area (Å²) in [6.45, 7) is 1.07. The topological polar surface area (TPSA) is 82.2 Å². The largest absolute Gasteiger partial charge is 0.346 e. The van der Waals surface area contributed by atoms with Crippen molar-refractivity contribution < 1.29 is 4.79 Å². The van der Waals surface area contributed by atoms with E-state index in [1.54, 1.807) is 22.9 Å². The molecule has 6 heteroatoms. The van der Waals surface area contributed by atoms with Crippen molar-refractivity contribution in [2.45, 2.75) is 24.9 Å². The molecule has 21 heavy (non-hydrogen) atoms. The Balaban J connectivity index is 1.58. The van der Waals surface area contributed by atoms with Gasteiger partial charge in [0.25, 0.3) is 5.91 Å². The Morgan fingerprint density at radius 3 is 3.10 bits per heavy atom. The van der Waals surface area contributed by atoms with Crippen molar-refractivity contribution in [2.24, 2.45) is 5.92 Å². The molecule has 2 fully saturated rings. The minimum atomic E-state index is -0.172. The molecule has 106 valence electrons. The number of nitriles is 1. The van der Waals surface area contributed by atoms with Crippen molar-refractivity contribution in [1.82, 2.24) is 20.0 Å². The zero-order chi connectivity index (χ0) is 14.4. The summed E-state index contributed by atoms with van der Waals surface area (Å²) >= 11 is 0. The molecule has 0 radical (unpaired) electrons. The lowest BCUT2D eigenvalue weighted by Gasteiger charge is -2.23. The maximum atomic E-state index is 12.3. The van der Waals surface area contributed by atoms with Crippen LogP contribution in [-0.2, 0) is 0 Å². The molecule has 1 saturated heterocycles. The molecular weight excluding hydrogens is 266 g/mol. The first-order valence-electron chi connectivity index (χ1n) is 7.16. The molecule has 3 heterocycles. The number of amides is 1. The number of piperidine rings is 1. The number of hydrogen-bond donors (Lipinski definition) is 2. The Morgan fingerprint density at radius 1 is 1.48 bits per heavy atom. The van der Waals surface area contributed by atoms with E-state index >= 15 is 0 Å². The molecule has 1 aliphatic carbocycles. The van der Waals surface area contributed by atoms with E-state index < -0.39 is 0 Å². The Morgan fingerprint density at radius 2 is 2.38 bits per heavy atom. The molecule has 1 aliphatic heterocycles. The zero-order valence-corrected chi connectivity index (χ0v) is 11.4. The zero-order valence-electron chi connectivity index (χ0n) is 11.4. The normalized spacial score (nSPS) is 26.9. The van der Waals surface area contributed by atoms with Gasteiger partial charge in [-0.3, -0.25) is 4.79 Å². The highest BCUT2D eigenvalue weighted by Crippen LogP contribution is 2.31. The molecule has 2 aromatic rings. The number of hydrogen-bond acceptors (Lipinski definition) is 4. The lowest BCUT2D eigenvalue weighted by Crippen LogP contribution is -2.48. The van der Waals surface area contributed by atoms with Crippen LogP contribution in [0.3, 0.4) is 0 Å². The van der Waals surface area contributed by atoms with Crippen molar-refractivity contribution in [3.8, 4) is 6.07 Å². The summed E-state index contributed by atoms with van der Waals surface area (Å²) < 4.78 is 1.70. The van der Waals surface area contributed by atoms with E-state index in [0.717, 1.165) is 24.9 Å². The van der Waals surface area contributed by atoms with Crippen LogP contribution in [0, 0.1) is 17.2 Å². The summed E-state index contributed by atoms with van der Waals surface area (Å²) in [6, 6.07) is 6.22. The highest BCUT2D eigenvalue weighted by Gasteiger charge is 2.40. The highest BCUT2D eigenvalue weighted by molar-refractivity contribution is 5.92. The average Bonchev–Trinajstić information content (AvgIpc) is 3.21. The van der Waals surface area contributed by atoms with E-state index in [0.29, 0.717) is 23.3 Å². The minimum absolute atomic E-state index is 0.172. The predicted octanol–water partition coefficient (Wildman–Crippen LogP) is 0.686. The smallest absolute Gasteiger partial charge is 0.271 e. The van der Waals surface area contributed by atoms with Gasteiger partial charge in [0.05, 0.1) is 11.7 Å². The molecule has 2 bridgehead atoms. The monoisotopic (exact) mass is 281 g/mol. The van der Waals surface area contributed by atoms with Gasteiger partial charge < -0.3 is 15.0 Å². The maximum absolute atomic E-state index is 12.3. The third-order valence-corrected chi connectivity index (χ3v) is 4.53. The molecule has 4 rings (SSSR count). The molecular formula is C15H15N5O. The minimum Gasteiger partial charge on any atom is -0.346 e. The van der Waals surface area contributed by atoms with Gasteiger partial charge in [-0.15, -0.1) is 0 Å². The number of nitrogens with zero attached hydrogens (tertiary/aromatic N) is 3. The van der Waals surface area contributed by atoms with Crippen LogP contribution in [0.15, 0.2) is 24.5 Å². The van der Waals surface area contributed by atoms with Crippen LogP contribution in [0.25, 0.3) is 5.52 Å². The van der Waals surface area contributed by atoms with Gasteiger partial charge in [0.1, 0.15) is 17.5 Å². The van der Waals surface area contributed by atoms with Gasteiger partial charge in [-0.25, -0.2) is 4.98 Å². The highest BCUT2D eigenvalue weighted by atomic mass is 16.2. The standard InChI is InChI=1S/C15H15N5O/c16-5-10-1-2-11-7-18-14(8-20(10)11)15(21)19-13-4-9-3-12(13)17-6-9/h1-2,7-9,12-13,17H,3-4,6H2,(H,19,21). The summed E-state index contributed by atoms with van der Waals surface area (Å²) in [5, 5.41) is 15.5. The lowest BCUT2D eigenvalue weighted by atomic mass is 10.1. The first-order chi connectivity index (χ1) is 10.2. The van der Waals surface area contributed by atoms with Crippen molar-refractivity contribution in [1.29, 1.82) is 5.26 Å². The van der Waals surface area contributed by atoms with E-state index in [2.05, 4.69) is 21.7 Å². The summed E-state index contributed by atoms with van der Waals surface area (Å²) in [6.07, 6.45) is 5.44. The van der Waals surface area contributed by atoms with Gasteiger partial charge >= 0.3 is 0 Å². The quantitative estimate of drug-likeness (QED) is 0.848. The molecule has 2 N–H and O–H groups in total. The van der Waals surface area contributed by atoms with Crippen LogP contribution >= 0.6 is 0 Å². The Bertz CT molecular complexity index is 759. The van der Waals surface area contributed by atoms with Crippen LogP contribution in [0.2, 0.25) is 0 Å². The molecule has 0 aromatic carbocycles. The van der Waals surface area contributed by atoms with E-state index in [4.69, 9.17) is 5.26 Å². The molecule has 3 unspecified atom stereocenters. The molecule has 2 aliphatic rings. The number of fused-ring (bicyclic) bond motifs is 3. The van der Waals surface area contributed by atoms with Crippen molar-refractivity contribution in [2.75, 3.05) is 6.54 Å². The SMILES string of the molecule is N#Cc1ccc2cnc(C(=O)NC3CC4CNC3C4)cn12. The summed E-state index contributed by atoms with van der Waals surface area (Å²) in [5.41, 5.74) is 1.66. The Labute approximate surface area is 121 Å². The van der Waals surface area contributed by atoms with Gasteiger partial charge in [-0.05, 0) is 37.4 Å². The Kier molecular flexibility index (Phi) is 2.69. The second kappa shape index (κ2) is 4.57. The first-order valence-corrected chi connectivity index (χ1v) is 7.16. The summed E-state index contributed by atoms with van der Waals surface area (Å²) in [4.78, 5) is 16.5. The van der Waals surface area contributed by atoms with Crippen LogP contribution in [0.4, 0.5) is 0 Å². The fourth-order valence-corrected chi connectivity index (χ4v) is 3.47. The predicted molar refractivity (Wildman–Crippen MR) is 75.7 cm³/mol. The third kappa shape index (κ3) is 1.98. The van der Waals surface area contributed by atoms with E-state index in [9.17, 15) is 4.79 Å². The fraction of sp³-hybridized carbons (Fsp3) is 0.400. The fourth-order valence-electron chi connectivity index (χ4n) is 3.47. The number of nitrogens with one attached hydrogen (secondary N) is 2. The van der Waals surface area contributed by atoms with Crippen molar-refractivity contribution >= 4 is 11.4 Å². The Hall–Kier alpha value is -2.39. The van der Waals surface area contributed by atoms with Gasteiger partial charge in [0.2, 0.25) is 0 Å². The third-order valence-electron chi connectivity index (χ3n) is 4.53. The van der Waals surface area contributed by atoms with Gasteiger partial charge in [-0.1, -0.05) is 0 Å². The van der Waals surface area contributed by atoms with Crippen molar-refractivity contribution in [3.63, 3.8) is 0 Å². The average molecular weight is 281 g/mol. The van der Waals surface area contributed by atoms with Crippen LogP contribution in [-0.4, -0.2) is 33.9 Å². The van der Waals surface area contributed by atoms with E-state index in [1.807, 2.05) is 6.07 Å². The second-order valence-corrected chi connectivity index (χ2v) is 5.83. The van der Waals surface area contributed by atoms with Gasteiger partial charge in [-0.2, -0.15) is 5.26 Å². The van der Waals surface area contributed by atoms with E-state index in [1.165, 1.54) is 0 Å². The summed E-state index contributed by atoms with van der Waals surface area (Å²) in [5.74, 6) is 0.513. The maximum Gasteiger partial charge on any atom is 0.271 e. The first kappa shape index (κ1) is 12.4. The van der Waals surface area contributed by atoms with Crippen LogP contribution < -0.4 is 10.6 Å². The van der Waals surface area contributed by atoms with E-state index in [-0.39, 0.29) is 11.9 Å². The second-order valence-electron chi connectivity index (χ2n) is 5.83. The molecule has 3 atom stereocenters. The number of carbonyl (C=O) groups is 1. The van der Waals surface area contributed by atoms with Crippen molar-refractivity contribution in [3.05, 3.63) is 35.9 Å². The molecule has 1 amide bonds. The summed E-state index contributed by atoms with van der Waals surface area (Å²) in [7, 11) is 0. The molecule has 6 nitrogen and oxygen atoms in total. The molecule has 2 aromatic heterocycles. The van der Waals surface area contributed by atoms with Crippen LogP contribution in [0.1, 0.15) is 29.0 Å². The number of carbonyl (C=O) groups excluding carboxylic acids is 1. The number of rotatable bonds is 2. The number of aromatic nitrogens is 2. The van der Waals surface area contributed by atoms with Gasteiger partial charge in [0.15, 0.2) is 0 Å². The lowest BCUT2D eigenvalue weighted by molar-refractivity contribution is 0.0923. The molecule has 0 spiro atoms. The van der Waals surface area contributed by atoms with Crippen LogP contribution in [0.5, 0.6) is 0 Å². The van der Waals surface area contributed by atoms with Gasteiger partial charge in [0, 0.05) is 18.3 Å². The molecule has 1 saturated carbocycles.